The van der Waals surface area contributed by atoms with Crippen molar-refractivity contribution in [3.05, 3.63) is 23.8 Å². The number of likely N-dealkylation sites (tertiary alicyclic amines) is 1. The van der Waals surface area contributed by atoms with Crippen LogP contribution < -0.4 is 10.0 Å². The molecule has 1 unspecified atom stereocenters. The van der Waals surface area contributed by atoms with E-state index >= 15 is 0 Å². The summed E-state index contributed by atoms with van der Waals surface area (Å²) in [6.45, 7) is 3.50. The second kappa shape index (κ2) is 5.94. The van der Waals surface area contributed by atoms with E-state index < -0.39 is 10.0 Å². The number of rotatable bonds is 4. The fraction of sp³-hybridized carbons (Fsp3) is 0.600. The summed E-state index contributed by atoms with van der Waals surface area (Å²) < 4.78 is 27.6. The molecule has 0 spiro atoms. The molecule has 0 aromatic heterocycles. The van der Waals surface area contributed by atoms with Gasteiger partial charge in [-0.3, -0.25) is 0 Å². The van der Waals surface area contributed by atoms with Gasteiger partial charge in [-0.1, -0.05) is 0 Å². The lowest BCUT2D eigenvalue weighted by Crippen LogP contribution is -2.39. The third kappa shape index (κ3) is 3.39. The van der Waals surface area contributed by atoms with Crippen LogP contribution in [0.25, 0.3) is 0 Å². The first-order valence-corrected chi connectivity index (χ1v) is 9.08. The zero-order valence-electron chi connectivity index (χ0n) is 12.4. The van der Waals surface area contributed by atoms with Crippen LogP contribution in [0.1, 0.15) is 18.4 Å². The van der Waals surface area contributed by atoms with Gasteiger partial charge >= 0.3 is 0 Å². The van der Waals surface area contributed by atoms with Gasteiger partial charge in [0.25, 0.3) is 0 Å². The average molecular weight is 309 g/mol. The summed E-state index contributed by atoms with van der Waals surface area (Å²) in [6.07, 6.45) is 3.14. The van der Waals surface area contributed by atoms with Crippen molar-refractivity contribution >= 4 is 15.7 Å². The zero-order valence-corrected chi connectivity index (χ0v) is 13.2. The van der Waals surface area contributed by atoms with Crippen LogP contribution in [0.2, 0.25) is 0 Å². The van der Waals surface area contributed by atoms with Crippen LogP contribution in [0.4, 0.5) is 5.69 Å². The highest BCUT2D eigenvalue weighted by atomic mass is 32.2. The van der Waals surface area contributed by atoms with Crippen molar-refractivity contribution in [1.29, 1.82) is 0 Å². The number of anilines is 1. The molecule has 1 aromatic rings. The molecule has 3 rings (SSSR count). The van der Waals surface area contributed by atoms with Gasteiger partial charge in [-0.25, -0.2) is 13.1 Å². The first-order chi connectivity index (χ1) is 10.0. The maximum absolute atomic E-state index is 12.4. The minimum atomic E-state index is -3.40. The Morgan fingerprint density at radius 3 is 3.10 bits per heavy atom. The van der Waals surface area contributed by atoms with Crippen LogP contribution in [0.5, 0.6) is 0 Å². The molecule has 0 aliphatic carbocycles. The minimum absolute atomic E-state index is 0.383. The van der Waals surface area contributed by atoms with Crippen LogP contribution in [-0.4, -0.2) is 46.5 Å². The molecule has 1 fully saturated rings. The van der Waals surface area contributed by atoms with Gasteiger partial charge in [0.2, 0.25) is 10.0 Å². The minimum Gasteiger partial charge on any atom is -0.384 e. The summed E-state index contributed by atoms with van der Waals surface area (Å²) in [5, 5.41) is 3.25. The lowest BCUT2D eigenvalue weighted by Gasteiger charge is -2.29. The molecule has 116 valence electrons. The molecular formula is C15H23N3O2S. The zero-order chi connectivity index (χ0) is 14.9. The van der Waals surface area contributed by atoms with E-state index in [0.29, 0.717) is 17.4 Å². The molecule has 0 radical (unpaired) electrons. The smallest absolute Gasteiger partial charge is 0.240 e. The fourth-order valence-corrected chi connectivity index (χ4v) is 4.37. The monoisotopic (exact) mass is 309 g/mol. The second-order valence-electron chi connectivity index (χ2n) is 6.12. The summed E-state index contributed by atoms with van der Waals surface area (Å²) in [6, 6.07) is 5.35. The topological polar surface area (TPSA) is 61.4 Å². The Kier molecular flexibility index (Phi) is 4.19. The number of nitrogens with one attached hydrogen (secondary N) is 2. The van der Waals surface area contributed by atoms with Crippen molar-refractivity contribution in [3.8, 4) is 0 Å². The summed E-state index contributed by atoms with van der Waals surface area (Å²) >= 11 is 0. The van der Waals surface area contributed by atoms with E-state index in [1.165, 1.54) is 0 Å². The van der Waals surface area contributed by atoms with Crippen LogP contribution in [0.15, 0.2) is 23.1 Å². The Hall–Kier alpha value is -1.11. The van der Waals surface area contributed by atoms with E-state index in [9.17, 15) is 8.42 Å². The molecule has 1 atom stereocenters. The molecule has 0 amide bonds. The van der Waals surface area contributed by atoms with Gasteiger partial charge in [0.05, 0.1) is 4.90 Å². The highest BCUT2D eigenvalue weighted by Gasteiger charge is 2.22. The van der Waals surface area contributed by atoms with Crippen LogP contribution in [0.3, 0.4) is 0 Å². The Morgan fingerprint density at radius 2 is 2.29 bits per heavy atom. The molecule has 2 aliphatic rings. The number of hydrogen-bond acceptors (Lipinski definition) is 4. The van der Waals surface area contributed by atoms with E-state index in [-0.39, 0.29) is 0 Å². The van der Waals surface area contributed by atoms with Gasteiger partial charge < -0.3 is 10.2 Å². The van der Waals surface area contributed by atoms with Crippen LogP contribution in [0, 0.1) is 5.92 Å². The Morgan fingerprint density at radius 1 is 1.43 bits per heavy atom. The van der Waals surface area contributed by atoms with Gasteiger partial charge in [0.15, 0.2) is 0 Å². The first kappa shape index (κ1) is 14.8. The quantitative estimate of drug-likeness (QED) is 0.879. The number of sulfonamides is 1. The molecule has 21 heavy (non-hydrogen) atoms. The second-order valence-corrected chi connectivity index (χ2v) is 7.89. The lowest BCUT2D eigenvalue weighted by atomic mass is 9.99. The third-order valence-electron chi connectivity index (χ3n) is 4.38. The molecule has 2 aliphatic heterocycles. The predicted molar refractivity (Wildman–Crippen MR) is 84.0 cm³/mol. The van der Waals surface area contributed by atoms with E-state index in [2.05, 4.69) is 22.0 Å². The highest BCUT2D eigenvalue weighted by Crippen LogP contribution is 2.25. The predicted octanol–water partition coefficient (Wildman–Crippen LogP) is 1.27. The highest BCUT2D eigenvalue weighted by molar-refractivity contribution is 7.89. The number of fused-ring (bicyclic) bond motifs is 1. The van der Waals surface area contributed by atoms with Gasteiger partial charge in [0, 0.05) is 25.3 Å². The fourth-order valence-electron chi connectivity index (χ4n) is 3.20. The lowest BCUT2D eigenvalue weighted by molar-refractivity contribution is 0.211. The maximum atomic E-state index is 12.4. The van der Waals surface area contributed by atoms with E-state index in [0.717, 1.165) is 50.1 Å². The molecule has 1 saturated heterocycles. The first-order valence-electron chi connectivity index (χ1n) is 7.59. The van der Waals surface area contributed by atoms with E-state index in [1.807, 2.05) is 6.07 Å². The van der Waals surface area contributed by atoms with Gasteiger partial charge in [-0.15, -0.1) is 0 Å². The van der Waals surface area contributed by atoms with Crippen LogP contribution >= 0.6 is 0 Å². The van der Waals surface area contributed by atoms with Crippen molar-refractivity contribution in [3.63, 3.8) is 0 Å². The molecule has 2 heterocycles. The van der Waals surface area contributed by atoms with E-state index in [1.54, 1.807) is 12.1 Å². The van der Waals surface area contributed by atoms with Gasteiger partial charge in [-0.05, 0) is 62.5 Å². The number of piperidine rings is 1. The van der Waals surface area contributed by atoms with Gasteiger partial charge in [0.1, 0.15) is 0 Å². The molecule has 0 saturated carbocycles. The maximum Gasteiger partial charge on any atom is 0.240 e. The standard InChI is InChI=1S/C15H23N3O2S/c1-18-8-2-3-12(11-18)10-17-21(19,20)14-4-5-15-13(9-14)6-7-16-15/h4-5,9,12,16-17H,2-3,6-8,10-11H2,1H3. The molecule has 6 heteroatoms. The van der Waals surface area contributed by atoms with Crippen molar-refractivity contribution in [1.82, 2.24) is 9.62 Å². The third-order valence-corrected chi connectivity index (χ3v) is 5.80. The Labute approximate surface area is 126 Å². The van der Waals surface area contributed by atoms with E-state index in [4.69, 9.17) is 0 Å². The van der Waals surface area contributed by atoms with Crippen LogP contribution in [-0.2, 0) is 16.4 Å². The number of nitrogens with zero attached hydrogens (tertiary/aromatic N) is 1. The summed E-state index contributed by atoms with van der Waals surface area (Å²) in [5.41, 5.74) is 2.15. The summed E-state index contributed by atoms with van der Waals surface area (Å²) in [7, 11) is -1.30. The Bertz CT molecular complexity index is 615. The average Bonchev–Trinajstić information content (AvgIpc) is 2.93. The molecule has 5 nitrogen and oxygen atoms in total. The van der Waals surface area contributed by atoms with Gasteiger partial charge in [-0.2, -0.15) is 0 Å². The van der Waals surface area contributed by atoms with Crippen molar-refractivity contribution in [2.75, 3.05) is 38.5 Å². The van der Waals surface area contributed by atoms with Crippen molar-refractivity contribution < 1.29 is 8.42 Å². The number of benzene rings is 1. The normalized spacial score (nSPS) is 22.8. The molecular weight excluding hydrogens is 286 g/mol. The molecule has 0 bridgehead atoms. The molecule has 1 aromatic carbocycles. The number of hydrogen-bond donors (Lipinski definition) is 2. The summed E-state index contributed by atoms with van der Waals surface area (Å²) in [4.78, 5) is 2.65. The summed E-state index contributed by atoms with van der Waals surface area (Å²) in [5.74, 6) is 0.412. The molecule has 2 N–H and O–H groups in total. The van der Waals surface area contributed by atoms with Crippen molar-refractivity contribution in [2.24, 2.45) is 5.92 Å². The largest absolute Gasteiger partial charge is 0.384 e. The Balaban J connectivity index is 1.66. The SMILES string of the molecule is CN1CCCC(CNS(=O)(=O)c2ccc3c(c2)CCN3)C1. The van der Waals surface area contributed by atoms with Crippen molar-refractivity contribution in [2.45, 2.75) is 24.2 Å².